The molecule has 0 N–H and O–H groups in total. The second-order valence-electron chi connectivity index (χ2n) is 2.90. The third kappa shape index (κ3) is 1.87. The largest absolute Gasteiger partial charge is 0.280 e. The number of halogens is 1. The molecule has 0 saturated carbocycles. The molecular formula is C10H6FNO2S. The van der Waals surface area contributed by atoms with Gasteiger partial charge in [-0.2, -0.15) is 0 Å². The highest BCUT2D eigenvalue weighted by atomic mass is 32.1. The number of hydrogen-bond acceptors (Lipinski definition) is 3. The summed E-state index contributed by atoms with van der Waals surface area (Å²) in [4.78, 5) is 10.9. The second-order valence-corrected chi connectivity index (χ2v) is 3.84. The molecule has 0 saturated heterocycles. The molecule has 0 atom stereocenters. The molecule has 0 amide bonds. The van der Waals surface area contributed by atoms with E-state index in [1.165, 1.54) is 23.5 Å². The molecule has 2 aromatic rings. The van der Waals surface area contributed by atoms with E-state index in [1.54, 1.807) is 12.1 Å². The molecule has 0 aliphatic rings. The van der Waals surface area contributed by atoms with Crippen LogP contribution in [0.4, 0.5) is 10.1 Å². The molecule has 0 spiro atoms. The van der Waals surface area contributed by atoms with Crippen molar-refractivity contribution in [2.75, 3.05) is 0 Å². The van der Waals surface area contributed by atoms with Gasteiger partial charge in [0.05, 0.1) is 16.6 Å². The number of nitrogens with zero attached hydrogens (tertiary/aromatic N) is 1. The average Bonchev–Trinajstić information content (AvgIpc) is 2.70. The molecule has 0 radical (unpaired) electrons. The number of hydrogen-bond donors (Lipinski definition) is 0. The van der Waals surface area contributed by atoms with Crippen LogP contribution in [0.25, 0.3) is 10.4 Å². The van der Waals surface area contributed by atoms with Crippen molar-refractivity contribution in [3.8, 4) is 10.4 Å². The highest BCUT2D eigenvalue weighted by molar-refractivity contribution is 7.13. The molecule has 1 aromatic carbocycles. The Kier molecular flexibility index (Phi) is 2.47. The Morgan fingerprint density at radius 1 is 1.33 bits per heavy atom. The van der Waals surface area contributed by atoms with Crippen LogP contribution in [0.1, 0.15) is 0 Å². The Morgan fingerprint density at radius 2 is 2.13 bits per heavy atom. The minimum atomic E-state index is -0.595. The van der Waals surface area contributed by atoms with Crippen LogP contribution in [0.5, 0.6) is 0 Å². The molecule has 0 fully saturated rings. The SMILES string of the molecule is O=[N+]([O-])c1cc(F)ccc1-c1cccs1. The highest BCUT2D eigenvalue weighted by Crippen LogP contribution is 2.33. The van der Waals surface area contributed by atoms with Crippen LogP contribution in [0.15, 0.2) is 35.7 Å². The summed E-state index contributed by atoms with van der Waals surface area (Å²) in [5.74, 6) is -0.595. The van der Waals surface area contributed by atoms with Crippen molar-refractivity contribution in [3.05, 3.63) is 51.6 Å². The van der Waals surface area contributed by atoms with E-state index in [-0.39, 0.29) is 5.69 Å². The van der Waals surface area contributed by atoms with Gasteiger partial charge in [-0.15, -0.1) is 11.3 Å². The Hall–Kier alpha value is -1.75. The molecule has 3 nitrogen and oxygen atoms in total. The lowest BCUT2D eigenvalue weighted by Gasteiger charge is -1.99. The minimum Gasteiger partial charge on any atom is -0.258 e. The Labute approximate surface area is 88.9 Å². The van der Waals surface area contributed by atoms with Gasteiger partial charge in [-0.3, -0.25) is 10.1 Å². The fourth-order valence-corrected chi connectivity index (χ4v) is 2.06. The summed E-state index contributed by atoms with van der Waals surface area (Å²) in [5.41, 5.74) is 0.258. The Bertz CT molecular complexity index is 496. The number of thiophene rings is 1. The first-order valence-corrected chi connectivity index (χ1v) is 5.04. The highest BCUT2D eigenvalue weighted by Gasteiger charge is 2.16. The normalized spacial score (nSPS) is 10.2. The van der Waals surface area contributed by atoms with Crippen molar-refractivity contribution in [1.29, 1.82) is 0 Å². The lowest BCUT2D eigenvalue weighted by molar-refractivity contribution is -0.384. The summed E-state index contributed by atoms with van der Waals surface area (Å²) in [7, 11) is 0. The van der Waals surface area contributed by atoms with Crippen LogP contribution in [0.3, 0.4) is 0 Å². The first-order valence-electron chi connectivity index (χ1n) is 4.16. The first kappa shape index (κ1) is 9.79. The Morgan fingerprint density at radius 3 is 2.73 bits per heavy atom. The van der Waals surface area contributed by atoms with Gasteiger partial charge < -0.3 is 0 Å². The van der Waals surface area contributed by atoms with E-state index in [4.69, 9.17) is 0 Å². The zero-order valence-electron chi connectivity index (χ0n) is 7.51. The van der Waals surface area contributed by atoms with Crippen LogP contribution in [0, 0.1) is 15.9 Å². The van der Waals surface area contributed by atoms with Crippen LogP contribution in [-0.4, -0.2) is 4.92 Å². The van der Waals surface area contributed by atoms with Gasteiger partial charge in [0, 0.05) is 4.88 Å². The summed E-state index contributed by atoms with van der Waals surface area (Å²) in [6, 6.07) is 7.16. The van der Waals surface area contributed by atoms with Gasteiger partial charge in [0.25, 0.3) is 5.69 Å². The third-order valence-corrected chi connectivity index (χ3v) is 2.85. The predicted octanol–water partition coefficient (Wildman–Crippen LogP) is 3.46. The van der Waals surface area contributed by atoms with Gasteiger partial charge in [-0.25, -0.2) is 4.39 Å². The number of benzene rings is 1. The fourth-order valence-electron chi connectivity index (χ4n) is 1.30. The summed E-state index contributed by atoms with van der Waals surface area (Å²) in [6.45, 7) is 0. The quantitative estimate of drug-likeness (QED) is 0.578. The number of nitro groups is 1. The van der Waals surface area contributed by atoms with E-state index >= 15 is 0 Å². The van der Waals surface area contributed by atoms with Gasteiger partial charge in [0.2, 0.25) is 0 Å². The summed E-state index contributed by atoms with van der Waals surface area (Å²) >= 11 is 1.39. The van der Waals surface area contributed by atoms with Crippen molar-refractivity contribution in [3.63, 3.8) is 0 Å². The molecule has 0 bridgehead atoms. The molecule has 1 heterocycles. The van der Waals surface area contributed by atoms with E-state index in [0.29, 0.717) is 5.56 Å². The van der Waals surface area contributed by atoms with Crippen LogP contribution >= 0.6 is 11.3 Å². The zero-order valence-corrected chi connectivity index (χ0v) is 8.33. The van der Waals surface area contributed by atoms with Gasteiger partial charge in [0.1, 0.15) is 5.82 Å². The molecule has 2 rings (SSSR count). The van der Waals surface area contributed by atoms with E-state index in [1.807, 2.05) is 5.38 Å². The van der Waals surface area contributed by atoms with Crippen molar-refractivity contribution in [2.24, 2.45) is 0 Å². The molecule has 15 heavy (non-hydrogen) atoms. The summed E-state index contributed by atoms with van der Waals surface area (Å²) in [6.07, 6.45) is 0. The van der Waals surface area contributed by atoms with E-state index < -0.39 is 10.7 Å². The standard InChI is InChI=1S/C10H6FNO2S/c11-7-3-4-8(9(6-7)12(13)14)10-2-1-5-15-10/h1-6H. The first-order chi connectivity index (χ1) is 7.18. The predicted molar refractivity (Wildman–Crippen MR) is 56.4 cm³/mol. The van der Waals surface area contributed by atoms with Crippen molar-refractivity contribution < 1.29 is 9.31 Å². The average molecular weight is 223 g/mol. The number of nitro benzene ring substituents is 1. The Balaban J connectivity index is 2.61. The monoisotopic (exact) mass is 223 g/mol. The van der Waals surface area contributed by atoms with E-state index in [2.05, 4.69) is 0 Å². The molecule has 0 unspecified atom stereocenters. The van der Waals surface area contributed by atoms with Crippen molar-refractivity contribution in [1.82, 2.24) is 0 Å². The lowest BCUT2D eigenvalue weighted by atomic mass is 10.1. The molecule has 1 aromatic heterocycles. The van der Waals surface area contributed by atoms with Gasteiger partial charge in [-0.1, -0.05) is 6.07 Å². The van der Waals surface area contributed by atoms with Crippen molar-refractivity contribution in [2.45, 2.75) is 0 Å². The second kappa shape index (κ2) is 3.78. The topological polar surface area (TPSA) is 43.1 Å². The maximum Gasteiger partial charge on any atom is 0.280 e. The van der Waals surface area contributed by atoms with Crippen LogP contribution in [-0.2, 0) is 0 Å². The summed E-state index contributed by atoms with van der Waals surface area (Å²) < 4.78 is 12.8. The lowest BCUT2D eigenvalue weighted by Crippen LogP contribution is -1.91. The van der Waals surface area contributed by atoms with Crippen LogP contribution in [0.2, 0.25) is 0 Å². The minimum absolute atomic E-state index is 0.197. The molecule has 5 heteroatoms. The summed E-state index contributed by atoms with van der Waals surface area (Å²) in [5, 5.41) is 12.5. The van der Waals surface area contributed by atoms with Gasteiger partial charge in [-0.05, 0) is 23.6 Å². The molecular weight excluding hydrogens is 217 g/mol. The fraction of sp³-hybridized carbons (Fsp3) is 0. The van der Waals surface area contributed by atoms with Gasteiger partial charge in [0.15, 0.2) is 0 Å². The van der Waals surface area contributed by atoms with E-state index in [0.717, 1.165) is 10.9 Å². The van der Waals surface area contributed by atoms with Crippen molar-refractivity contribution >= 4 is 17.0 Å². The van der Waals surface area contributed by atoms with E-state index in [9.17, 15) is 14.5 Å². The zero-order chi connectivity index (χ0) is 10.8. The number of rotatable bonds is 2. The van der Waals surface area contributed by atoms with Gasteiger partial charge >= 0.3 is 0 Å². The maximum absolute atomic E-state index is 12.8. The maximum atomic E-state index is 12.8. The molecule has 0 aliphatic carbocycles. The van der Waals surface area contributed by atoms with Crippen LogP contribution < -0.4 is 0 Å². The molecule has 0 aliphatic heterocycles. The molecule has 76 valence electrons. The third-order valence-electron chi connectivity index (χ3n) is 1.94. The smallest absolute Gasteiger partial charge is 0.258 e.